The Morgan fingerprint density at radius 1 is 1.17 bits per heavy atom. The molecule has 0 saturated carbocycles. The summed E-state index contributed by atoms with van der Waals surface area (Å²) in [5, 5.41) is 19.6. The lowest BCUT2D eigenvalue weighted by Crippen LogP contribution is -2.08. The van der Waals surface area contributed by atoms with E-state index in [4.69, 9.17) is 5.73 Å². The molecule has 8 nitrogen and oxygen atoms in total. The molecule has 0 amide bonds. The second-order valence-electron chi connectivity index (χ2n) is 4.73. The van der Waals surface area contributed by atoms with Crippen molar-refractivity contribution in [3.8, 4) is 17.0 Å². The summed E-state index contributed by atoms with van der Waals surface area (Å²) in [5.41, 5.74) is 4.54. The first-order chi connectivity index (χ1) is 11.2. The summed E-state index contributed by atoms with van der Waals surface area (Å²) in [5.74, 6) is -3.62. The predicted molar refractivity (Wildman–Crippen MR) is 78.6 cm³/mol. The van der Waals surface area contributed by atoms with Crippen molar-refractivity contribution in [1.29, 1.82) is 0 Å². The van der Waals surface area contributed by atoms with Crippen LogP contribution in [0.2, 0.25) is 0 Å². The second-order valence-corrected chi connectivity index (χ2v) is 6.09. The average molecular weight is 354 g/mol. The van der Waals surface area contributed by atoms with Crippen LogP contribution in [0.3, 0.4) is 0 Å². The molecular weight excluding hydrogens is 346 g/mol. The lowest BCUT2D eigenvalue weighted by molar-refractivity contribution is 0.448. The fraction of sp³-hybridized carbons (Fsp3) is 0. The van der Waals surface area contributed by atoms with Crippen molar-refractivity contribution in [2.45, 2.75) is 4.90 Å². The van der Waals surface area contributed by atoms with Gasteiger partial charge in [-0.2, -0.15) is 8.42 Å². The van der Waals surface area contributed by atoms with Crippen LogP contribution in [-0.4, -0.2) is 33.5 Å². The summed E-state index contributed by atoms with van der Waals surface area (Å²) in [6.07, 6.45) is 1.17. The van der Waals surface area contributed by atoms with E-state index < -0.39 is 43.5 Å². The van der Waals surface area contributed by atoms with Crippen LogP contribution in [0.4, 0.5) is 14.5 Å². The van der Waals surface area contributed by atoms with E-state index in [1.807, 2.05) is 0 Å². The van der Waals surface area contributed by atoms with E-state index in [0.717, 1.165) is 6.07 Å². The molecule has 0 aliphatic rings. The van der Waals surface area contributed by atoms with Gasteiger partial charge in [0.2, 0.25) is 0 Å². The van der Waals surface area contributed by atoms with Gasteiger partial charge in [-0.3, -0.25) is 4.55 Å². The van der Waals surface area contributed by atoms with Crippen molar-refractivity contribution < 1.29 is 26.9 Å². The van der Waals surface area contributed by atoms with Gasteiger partial charge in [-0.25, -0.2) is 8.78 Å². The highest BCUT2D eigenvalue weighted by Gasteiger charge is 2.29. The van der Waals surface area contributed by atoms with Gasteiger partial charge in [-0.15, -0.1) is 10.2 Å². The fourth-order valence-corrected chi connectivity index (χ4v) is 3.13. The first-order valence-corrected chi connectivity index (χ1v) is 7.71. The number of rotatable bonds is 2. The number of fused-ring (bicyclic) bond motifs is 1. The summed E-state index contributed by atoms with van der Waals surface area (Å²) in [4.78, 5) is -1.03. The minimum atomic E-state index is -4.96. The van der Waals surface area contributed by atoms with E-state index in [2.05, 4.69) is 15.4 Å². The van der Waals surface area contributed by atoms with Gasteiger partial charge in [0, 0.05) is 16.3 Å². The molecule has 11 heteroatoms. The molecule has 0 radical (unpaired) electrons. The van der Waals surface area contributed by atoms with E-state index in [-0.39, 0.29) is 16.6 Å². The molecule has 1 aromatic heterocycles. The van der Waals surface area contributed by atoms with E-state index in [0.29, 0.717) is 6.07 Å². The fourth-order valence-electron chi connectivity index (χ4n) is 2.39. The summed E-state index contributed by atoms with van der Waals surface area (Å²) in [6.45, 7) is 0. The SMILES string of the molecule is Nc1c(S(=O)(=O)O)c(O)c2ccc(F)c(F)c2c1-c1ccnnn1. The maximum absolute atomic E-state index is 14.3. The maximum atomic E-state index is 14.3. The van der Waals surface area contributed by atoms with Crippen molar-refractivity contribution in [2.24, 2.45) is 0 Å². The molecule has 0 bridgehead atoms. The van der Waals surface area contributed by atoms with Crippen molar-refractivity contribution in [3.05, 3.63) is 36.0 Å². The number of hydrogen-bond acceptors (Lipinski definition) is 7. The third-order valence-electron chi connectivity index (χ3n) is 3.35. The van der Waals surface area contributed by atoms with Crippen molar-refractivity contribution in [2.75, 3.05) is 5.73 Å². The van der Waals surface area contributed by atoms with Crippen LogP contribution in [0.1, 0.15) is 0 Å². The topological polar surface area (TPSA) is 139 Å². The van der Waals surface area contributed by atoms with Gasteiger partial charge in [-0.05, 0) is 23.4 Å². The maximum Gasteiger partial charge on any atom is 0.300 e. The zero-order valence-electron chi connectivity index (χ0n) is 11.6. The zero-order chi connectivity index (χ0) is 17.6. The Bertz CT molecular complexity index is 1070. The first kappa shape index (κ1) is 16.0. The molecule has 1 heterocycles. The molecule has 2 aromatic carbocycles. The van der Waals surface area contributed by atoms with E-state index in [1.165, 1.54) is 12.3 Å². The Kier molecular flexibility index (Phi) is 3.53. The lowest BCUT2D eigenvalue weighted by atomic mass is 9.98. The number of nitrogens with zero attached hydrogens (tertiary/aromatic N) is 3. The van der Waals surface area contributed by atoms with Gasteiger partial charge < -0.3 is 10.8 Å². The number of anilines is 1. The van der Waals surface area contributed by atoms with Crippen LogP contribution in [0.25, 0.3) is 22.0 Å². The van der Waals surface area contributed by atoms with Crippen molar-refractivity contribution >= 4 is 26.6 Å². The first-order valence-electron chi connectivity index (χ1n) is 6.27. The zero-order valence-corrected chi connectivity index (χ0v) is 12.4. The average Bonchev–Trinajstić information content (AvgIpc) is 2.51. The highest BCUT2D eigenvalue weighted by atomic mass is 32.2. The Labute approximate surface area is 133 Å². The van der Waals surface area contributed by atoms with Gasteiger partial charge >= 0.3 is 0 Å². The normalized spacial score (nSPS) is 11.8. The highest BCUT2D eigenvalue weighted by molar-refractivity contribution is 7.86. The van der Waals surface area contributed by atoms with Crippen LogP contribution >= 0.6 is 0 Å². The summed E-state index contributed by atoms with van der Waals surface area (Å²) >= 11 is 0. The minimum absolute atomic E-state index is 0.123. The molecule has 0 atom stereocenters. The quantitative estimate of drug-likeness (QED) is 0.465. The smallest absolute Gasteiger partial charge is 0.300 e. The number of phenols is 1. The molecule has 0 aliphatic carbocycles. The van der Waals surface area contributed by atoms with Gasteiger partial charge in [0.15, 0.2) is 16.5 Å². The summed E-state index contributed by atoms with van der Waals surface area (Å²) in [7, 11) is -4.96. The standard InChI is InChI=1S/C13H8F2N4O4S/c14-6-2-1-5-8(10(6)15)9(7-3-4-17-19-18-7)11(16)13(12(5)20)24(21,22)23/h1-4,20H,16H2,(H,21,22,23). The molecule has 0 saturated heterocycles. The number of aromatic hydroxyl groups is 1. The minimum Gasteiger partial charge on any atom is -0.506 e. The number of hydrogen-bond donors (Lipinski definition) is 3. The number of benzene rings is 2. The van der Waals surface area contributed by atoms with Crippen molar-refractivity contribution in [1.82, 2.24) is 15.4 Å². The molecule has 0 fully saturated rings. The Hall–Kier alpha value is -2.92. The van der Waals surface area contributed by atoms with Crippen LogP contribution in [-0.2, 0) is 10.1 Å². The Morgan fingerprint density at radius 2 is 1.88 bits per heavy atom. The molecule has 3 aromatic rings. The third-order valence-corrected chi connectivity index (χ3v) is 4.28. The Balaban J connectivity index is 2.65. The van der Waals surface area contributed by atoms with Gasteiger partial charge in [0.05, 0.1) is 17.6 Å². The van der Waals surface area contributed by atoms with E-state index in [1.54, 1.807) is 0 Å². The highest BCUT2D eigenvalue weighted by Crippen LogP contribution is 2.45. The second kappa shape index (κ2) is 5.32. The van der Waals surface area contributed by atoms with Crippen molar-refractivity contribution in [3.63, 3.8) is 0 Å². The summed E-state index contributed by atoms with van der Waals surface area (Å²) in [6, 6.07) is 2.88. The largest absolute Gasteiger partial charge is 0.506 e. The number of nitrogen functional groups attached to an aromatic ring is 1. The Morgan fingerprint density at radius 3 is 2.46 bits per heavy atom. The van der Waals surface area contributed by atoms with Gasteiger partial charge in [-0.1, -0.05) is 0 Å². The lowest BCUT2D eigenvalue weighted by Gasteiger charge is -2.15. The molecule has 24 heavy (non-hydrogen) atoms. The third kappa shape index (κ3) is 2.30. The monoisotopic (exact) mass is 354 g/mol. The molecule has 4 N–H and O–H groups in total. The number of halogens is 2. The molecule has 124 valence electrons. The molecule has 0 aliphatic heterocycles. The van der Waals surface area contributed by atoms with Gasteiger partial charge in [0.1, 0.15) is 5.75 Å². The number of phenolic OH excluding ortho intramolecular Hbond substituents is 1. The van der Waals surface area contributed by atoms with Crippen LogP contribution in [0.5, 0.6) is 5.75 Å². The molecule has 3 rings (SSSR count). The molecular formula is C13H8F2N4O4S. The van der Waals surface area contributed by atoms with Crippen LogP contribution in [0.15, 0.2) is 29.3 Å². The van der Waals surface area contributed by atoms with Crippen LogP contribution in [0, 0.1) is 11.6 Å². The summed E-state index contributed by atoms with van der Waals surface area (Å²) < 4.78 is 60.4. The predicted octanol–water partition coefficient (Wildman–Crippen LogP) is 1.50. The number of aromatic nitrogens is 3. The van der Waals surface area contributed by atoms with Crippen LogP contribution < -0.4 is 5.73 Å². The molecule has 0 unspecified atom stereocenters. The van der Waals surface area contributed by atoms with E-state index in [9.17, 15) is 26.9 Å². The van der Waals surface area contributed by atoms with Gasteiger partial charge in [0.25, 0.3) is 10.1 Å². The molecule has 0 spiro atoms. The van der Waals surface area contributed by atoms with E-state index >= 15 is 0 Å². The number of nitrogens with two attached hydrogens (primary N) is 1.